The molecule has 0 radical (unpaired) electrons. The van der Waals surface area contributed by atoms with Crippen molar-refractivity contribution in [2.24, 2.45) is 0 Å². The fourth-order valence-corrected chi connectivity index (χ4v) is 0.854. The van der Waals surface area contributed by atoms with Crippen LogP contribution in [-0.4, -0.2) is 10.2 Å². The summed E-state index contributed by atoms with van der Waals surface area (Å²) in [7, 11) is 0. The van der Waals surface area contributed by atoms with E-state index in [-0.39, 0.29) is 0 Å². The van der Waals surface area contributed by atoms with Gasteiger partial charge in [0.2, 0.25) is 3.79 Å². The van der Waals surface area contributed by atoms with Gasteiger partial charge in [-0.2, -0.15) is 5.10 Å². The molecule has 1 heterocycles. The molecule has 0 amide bonds. The predicted octanol–water partition coefficient (Wildman–Crippen LogP) is 2.54. The van der Waals surface area contributed by atoms with E-state index in [2.05, 4.69) is 10.2 Å². The van der Waals surface area contributed by atoms with Crippen molar-refractivity contribution in [3.8, 4) is 0 Å². The highest BCUT2D eigenvalue weighted by Gasteiger charge is 2.25. The Kier molecular flexibility index (Phi) is 2.13. The molecule has 1 rings (SSSR count). The number of hydrogen-bond acceptors (Lipinski definition) is 1. The number of rotatable bonds is 0. The van der Waals surface area contributed by atoms with Crippen molar-refractivity contribution >= 4 is 34.8 Å². The topological polar surface area (TPSA) is 28.7 Å². The van der Waals surface area contributed by atoms with Crippen LogP contribution in [0.5, 0.6) is 0 Å². The number of H-pyrrole nitrogens is 1. The first-order chi connectivity index (χ1) is 4.50. The summed E-state index contributed by atoms with van der Waals surface area (Å²) in [5.74, 6) is 0. The molecule has 0 spiro atoms. The fraction of sp³-hybridized carbons (Fsp3) is 0.400. The lowest BCUT2D eigenvalue weighted by Gasteiger charge is -2.04. The van der Waals surface area contributed by atoms with Crippen LogP contribution in [0.25, 0.3) is 0 Å². The molecule has 1 N–H and O–H groups in total. The first kappa shape index (κ1) is 8.18. The highest BCUT2D eigenvalue weighted by Crippen LogP contribution is 2.36. The Morgan fingerprint density at radius 2 is 2.10 bits per heavy atom. The van der Waals surface area contributed by atoms with Crippen molar-refractivity contribution in [1.29, 1.82) is 0 Å². The maximum atomic E-state index is 5.52. The van der Waals surface area contributed by atoms with Crippen molar-refractivity contribution in [2.75, 3.05) is 0 Å². The minimum absolute atomic E-state index is 0.426. The van der Waals surface area contributed by atoms with Crippen LogP contribution in [0.2, 0.25) is 0 Å². The van der Waals surface area contributed by atoms with E-state index < -0.39 is 3.79 Å². The van der Waals surface area contributed by atoms with E-state index >= 15 is 0 Å². The van der Waals surface area contributed by atoms with Crippen LogP contribution >= 0.6 is 34.8 Å². The molecule has 2 nitrogen and oxygen atoms in total. The maximum absolute atomic E-state index is 5.52. The van der Waals surface area contributed by atoms with Crippen LogP contribution in [0.4, 0.5) is 0 Å². The molecule has 5 heteroatoms. The van der Waals surface area contributed by atoms with Gasteiger partial charge in [0.1, 0.15) is 5.69 Å². The molecule has 0 bridgehead atoms. The van der Waals surface area contributed by atoms with Crippen LogP contribution in [0.1, 0.15) is 11.4 Å². The zero-order valence-electron chi connectivity index (χ0n) is 5.16. The van der Waals surface area contributed by atoms with Crippen LogP contribution in [0, 0.1) is 6.92 Å². The summed E-state index contributed by atoms with van der Waals surface area (Å²) in [5, 5.41) is 6.44. The number of hydrogen-bond donors (Lipinski definition) is 1. The Balaban J connectivity index is 2.96. The van der Waals surface area contributed by atoms with E-state index in [4.69, 9.17) is 34.8 Å². The average molecular weight is 199 g/mol. The number of halogens is 3. The second kappa shape index (κ2) is 2.61. The second-order valence-corrected chi connectivity index (χ2v) is 4.22. The molecule has 56 valence electrons. The van der Waals surface area contributed by atoms with Gasteiger partial charge in [-0.25, -0.2) is 0 Å². The Hall–Kier alpha value is 0.0800. The first-order valence-corrected chi connectivity index (χ1v) is 3.73. The van der Waals surface area contributed by atoms with E-state index in [0.29, 0.717) is 5.69 Å². The number of aryl methyl sites for hydroxylation is 1. The molecule has 1 aromatic rings. The predicted molar refractivity (Wildman–Crippen MR) is 42.6 cm³/mol. The summed E-state index contributed by atoms with van der Waals surface area (Å²) >= 11 is 16.6. The zero-order valence-corrected chi connectivity index (χ0v) is 7.43. The zero-order chi connectivity index (χ0) is 7.78. The molecule has 0 saturated carbocycles. The summed E-state index contributed by atoms with van der Waals surface area (Å²) in [5.41, 5.74) is 1.30. The second-order valence-electron chi connectivity index (χ2n) is 1.93. The van der Waals surface area contributed by atoms with Crippen LogP contribution in [0.3, 0.4) is 0 Å². The minimum atomic E-state index is -1.41. The highest BCUT2D eigenvalue weighted by atomic mass is 35.6. The lowest BCUT2D eigenvalue weighted by Crippen LogP contribution is -1.99. The standard InChI is InChI=1S/C5H5Cl3N2/c1-3-2-4(10-9-3)5(6,7)8/h2H,1H3,(H,9,10). The van der Waals surface area contributed by atoms with Gasteiger partial charge in [0, 0.05) is 5.69 Å². The molecule has 0 aliphatic carbocycles. The van der Waals surface area contributed by atoms with Crippen molar-refractivity contribution < 1.29 is 0 Å². The molecular formula is C5H5Cl3N2. The van der Waals surface area contributed by atoms with Gasteiger partial charge in [-0.1, -0.05) is 34.8 Å². The summed E-state index contributed by atoms with van der Waals surface area (Å²) < 4.78 is -1.41. The van der Waals surface area contributed by atoms with Gasteiger partial charge in [-0.05, 0) is 13.0 Å². The lowest BCUT2D eigenvalue weighted by molar-refractivity contribution is 0.981. The largest absolute Gasteiger partial charge is 0.282 e. The minimum Gasteiger partial charge on any atom is -0.282 e. The van der Waals surface area contributed by atoms with E-state index in [1.807, 2.05) is 6.92 Å². The molecule has 0 aliphatic rings. The fourth-order valence-electron chi connectivity index (χ4n) is 0.563. The Morgan fingerprint density at radius 3 is 2.30 bits per heavy atom. The van der Waals surface area contributed by atoms with Crippen LogP contribution in [0.15, 0.2) is 6.07 Å². The van der Waals surface area contributed by atoms with Gasteiger partial charge in [0.05, 0.1) is 0 Å². The highest BCUT2D eigenvalue weighted by molar-refractivity contribution is 6.66. The molecule has 0 fully saturated rings. The SMILES string of the molecule is Cc1cc(C(Cl)(Cl)Cl)n[nH]1. The van der Waals surface area contributed by atoms with Gasteiger partial charge >= 0.3 is 0 Å². The summed E-state index contributed by atoms with van der Waals surface area (Å²) in [6.07, 6.45) is 0. The molecule has 0 atom stereocenters. The van der Waals surface area contributed by atoms with E-state index in [1.165, 1.54) is 0 Å². The van der Waals surface area contributed by atoms with Gasteiger partial charge in [-0.3, -0.25) is 5.10 Å². The molecule has 0 aliphatic heterocycles. The maximum Gasteiger partial charge on any atom is 0.234 e. The summed E-state index contributed by atoms with van der Waals surface area (Å²) in [6.45, 7) is 1.84. The Bertz CT molecular complexity index is 225. The number of nitrogens with one attached hydrogen (secondary N) is 1. The summed E-state index contributed by atoms with van der Waals surface area (Å²) in [6, 6.07) is 1.69. The van der Waals surface area contributed by atoms with Crippen LogP contribution in [-0.2, 0) is 3.79 Å². The Morgan fingerprint density at radius 1 is 1.50 bits per heavy atom. The van der Waals surface area contributed by atoms with Gasteiger partial charge in [0.25, 0.3) is 0 Å². The van der Waals surface area contributed by atoms with E-state index in [0.717, 1.165) is 5.69 Å². The molecular weight excluding hydrogens is 194 g/mol. The molecule has 0 unspecified atom stereocenters. The Labute approximate surface area is 73.5 Å². The number of aromatic nitrogens is 2. The third-order valence-electron chi connectivity index (χ3n) is 0.996. The summed E-state index contributed by atoms with van der Waals surface area (Å²) in [4.78, 5) is 0. The van der Waals surface area contributed by atoms with Gasteiger partial charge < -0.3 is 0 Å². The van der Waals surface area contributed by atoms with Gasteiger partial charge in [0.15, 0.2) is 0 Å². The third-order valence-corrected chi connectivity index (χ3v) is 1.58. The van der Waals surface area contributed by atoms with E-state index in [1.54, 1.807) is 6.07 Å². The normalized spacial score (nSPS) is 12.0. The number of nitrogens with zero attached hydrogens (tertiary/aromatic N) is 1. The molecule has 0 aromatic carbocycles. The van der Waals surface area contributed by atoms with Gasteiger partial charge in [-0.15, -0.1) is 0 Å². The van der Waals surface area contributed by atoms with Crippen LogP contribution < -0.4 is 0 Å². The third kappa shape index (κ3) is 1.78. The van der Waals surface area contributed by atoms with E-state index in [9.17, 15) is 0 Å². The van der Waals surface area contributed by atoms with Crippen molar-refractivity contribution in [3.05, 3.63) is 17.5 Å². The lowest BCUT2D eigenvalue weighted by atomic mass is 10.4. The smallest absolute Gasteiger partial charge is 0.234 e. The number of aromatic amines is 1. The molecule has 0 saturated heterocycles. The molecule has 1 aromatic heterocycles. The number of alkyl halides is 3. The average Bonchev–Trinajstić information content (AvgIpc) is 2.11. The quantitative estimate of drug-likeness (QED) is 0.639. The van der Waals surface area contributed by atoms with Crippen molar-refractivity contribution in [1.82, 2.24) is 10.2 Å². The van der Waals surface area contributed by atoms with Crippen molar-refractivity contribution in [2.45, 2.75) is 10.7 Å². The van der Waals surface area contributed by atoms with Crippen molar-refractivity contribution in [3.63, 3.8) is 0 Å². The first-order valence-electron chi connectivity index (χ1n) is 2.59. The molecule has 10 heavy (non-hydrogen) atoms. The monoisotopic (exact) mass is 198 g/mol.